The van der Waals surface area contributed by atoms with E-state index in [1.165, 1.54) is 37.5 Å². The average molecular weight is 312 g/mol. The largest absolute Gasteiger partial charge is 0.504 e. The fraction of sp³-hybridized carbons (Fsp3) is 0.0556. The van der Waals surface area contributed by atoms with Crippen LogP contribution in [0.2, 0.25) is 0 Å². The summed E-state index contributed by atoms with van der Waals surface area (Å²) in [6, 6.07) is 9.27. The van der Waals surface area contributed by atoms with Gasteiger partial charge in [0.15, 0.2) is 23.0 Å². The van der Waals surface area contributed by atoms with Crippen LogP contribution in [0.3, 0.4) is 0 Å². The molecule has 0 radical (unpaired) electrons. The highest BCUT2D eigenvalue weighted by molar-refractivity contribution is 5.89. The number of benzene rings is 2. The summed E-state index contributed by atoms with van der Waals surface area (Å²) in [6.07, 6.45) is 4.30. The summed E-state index contributed by atoms with van der Waals surface area (Å²) in [5, 5.41) is 19.3. The molecular weight excluding hydrogens is 296 g/mol. The molecule has 118 valence electrons. The number of phenols is 2. The summed E-state index contributed by atoms with van der Waals surface area (Å²) < 4.78 is 10.0. The summed E-state index contributed by atoms with van der Waals surface area (Å²) >= 11 is 0. The zero-order valence-electron chi connectivity index (χ0n) is 12.5. The van der Waals surface area contributed by atoms with E-state index in [0.29, 0.717) is 16.9 Å². The number of hydrogen-bond acceptors (Lipinski definition) is 5. The molecule has 2 N–H and O–H groups in total. The van der Waals surface area contributed by atoms with Crippen LogP contribution in [0.25, 0.3) is 12.2 Å². The van der Waals surface area contributed by atoms with Crippen LogP contribution in [0.5, 0.6) is 23.0 Å². The van der Waals surface area contributed by atoms with Gasteiger partial charge in [-0.25, -0.2) is 4.79 Å². The molecule has 23 heavy (non-hydrogen) atoms. The number of carbonyl (C=O) groups is 1. The number of aromatic hydroxyl groups is 2. The van der Waals surface area contributed by atoms with Crippen molar-refractivity contribution in [3.63, 3.8) is 0 Å². The highest BCUT2D eigenvalue weighted by Gasteiger charge is 2.07. The van der Waals surface area contributed by atoms with Crippen molar-refractivity contribution in [3.8, 4) is 23.0 Å². The summed E-state index contributed by atoms with van der Waals surface area (Å²) in [7, 11) is 1.44. The Morgan fingerprint density at radius 3 is 2.43 bits per heavy atom. The Bertz CT molecular complexity index is 762. The minimum Gasteiger partial charge on any atom is -0.504 e. The van der Waals surface area contributed by atoms with Crippen LogP contribution >= 0.6 is 0 Å². The van der Waals surface area contributed by atoms with Crippen molar-refractivity contribution in [2.24, 2.45) is 0 Å². The minimum absolute atomic E-state index is 0.0134. The lowest BCUT2D eigenvalue weighted by Crippen LogP contribution is -2.03. The lowest BCUT2D eigenvalue weighted by molar-refractivity contribution is -0.129. The van der Waals surface area contributed by atoms with Gasteiger partial charge in [0.2, 0.25) is 0 Å². The molecule has 0 unspecified atom stereocenters. The van der Waals surface area contributed by atoms with E-state index in [9.17, 15) is 15.0 Å². The quantitative estimate of drug-likeness (QED) is 0.503. The number of hydrogen-bond donors (Lipinski definition) is 2. The molecule has 2 rings (SSSR count). The Hall–Kier alpha value is -3.21. The SMILES string of the molecule is C=Cc1ccc(OC(=O)C=Cc2ccc(O)c(OC)c2)c(O)c1. The molecule has 0 heterocycles. The maximum absolute atomic E-state index is 11.8. The molecule has 0 amide bonds. The third-order valence-electron chi connectivity index (χ3n) is 3.04. The first-order valence-electron chi connectivity index (χ1n) is 6.76. The molecular formula is C18H16O5. The molecule has 5 heteroatoms. The second-order valence-corrected chi connectivity index (χ2v) is 4.62. The molecule has 0 atom stereocenters. The first-order valence-corrected chi connectivity index (χ1v) is 6.76. The number of methoxy groups -OCH3 is 1. The van der Waals surface area contributed by atoms with Gasteiger partial charge in [0.25, 0.3) is 0 Å². The fourth-order valence-corrected chi connectivity index (χ4v) is 1.85. The Morgan fingerprint density at radius 2 is 1.78 bits per heavy atom. The first kappa shape index (κ1) is 16.2. The van der Waals surface area contributed by atoms with Gasteiger partial charge in [-0.05, 0) is 41.5 Å². The number of rotatable bonds is 5. The molecule has 5 nitrogen and oxygen atoms in total. The summed E-state index contributed by atoms with van der Waals surface area (Å²) in [6.45, 7) is 3.59. The zero-order valence-corrected chi connectivity index (χ0v) is 12.5. The maximum Gasteiger partial charge on any atom is 0.336 e. The van der Waals surface area contributed by atoms with E-state index >= 15 is 0 Å². The Labute approximate surface area is 133 Å². The second-order valence-electron chi connectivity index (χ2n) is 4.62. The first-order chi connectivity index (χ1) is 11.0. The number of carbonyl (C=O) groups excluding carboxylic acids is 1. The predicted octanol–water partition coefficient (Wildman–Crippen LogP) is 3.37. The predicted molar refractivity (Wildman–Crippen MR) is 87.5 cm³/mol. The molecule has 0 aromatic heterocycles. The molecule has 0 spiro atoms. The van der Waals surface area contributed by atoms with Crippen molar-refractivity contribution >= 4 is 18.1 Å². The summed E-state index contributed by atoms with van der Waals surface area (Å²) in [5.74, 6) is -0.402. The number of ether oxygens (including phenoxy) is 2. The Kier molecular flexibility index (Phi) is 5.04. The molecule has 0 saturated heterocycles. The molecule has 2 aromatic carbocycles. The second kappa shape index (κ2) is 7.17. The third-order valence-corrected chi connectivity index (χ3v) is 3.04. The van der Waals surface area contributed by atoms with E-state index in [1.54, 1.807) is 24.3 Å². The molecule has 0 aliphatic rings. The number of phenolic OH excluding ortho intramolecular Hbond substituents is 2. The van der Waals surface area contributed by atoms with Gasteiger partial charge in [-0.15, -0.1) is 0 Å². The van der Waals surface area contributed by atoms with Crippen LogP contribution in [0.15, 0.2) is 49.1 Å². The van der Waals surface area contributed by atoms with E-state index in [0.717, 1.165) is 0 Å². The highest BCUT2D eigenvalue weighted by Crippen LogP contribution is 2.28. The molecule has 0 saturated carbocycles. The van der Waals surface area contributed by atoms with Gasteiger partial charge in [0.1, 0.15) is 0 Å². The van der Waals surface area contributed by atoms with Gasteiger partial charge in [0.05, 0.1) is 7.11 Å². The number of esters is 1. The van der Waals surface area contributed by atoms with Crippen molar-refractivity contribution in [1.29, 1.82) is 0 Å². The van der Waals surface area contributed by atoms with E-state index in [4.69, 9.17) is 9.47 Å². The lowest BCUT2D eigenvalue weighted by atomic mass is 10.2. The van der Waals surface area contributed by atoms with Crippen LogP contribution in [-0.2, 0) is 4.79 Å². The van der Waals surface area contributed by atoms with Crippen LogP contribution in [0.4, 0.5) is 0 Å². The van der Waals surface area contributed by atoms with Crippen LogP contribution < -0.4 is 9.47 Å². The Balaban J connectivity index is 2.08. The molecule has 0 aliphatic heterocycles. The lowest BCUT2D eigenvalue weighted by Gasteiger charge is -2.05. The summed E-state index contributed by atoms with van der Waals surface area (Å²) in [4.78, 5) is 11.8. The van der Waals surface area contributed by atoms with E-state index in [1.807, 2.05) is 0 Å². The molecule has 0 aliphatic carbocycles. The van der Waals surface area contributed by atoms with Crippen molar-refractivity contribution < 1.29 is 24.5 Å². The monoisotopic (exact) mass is 312 g/mol. The van der Waals surface area contributed by atoms with Gasteiger partial charge in [-0.1, -0.05) is 24.8 Å². The van der Waals surface area contributed by atoms with E-state index in [2.05, 4.69) is 6.58 Å². The zero-order chi connectivity index (χ0) is 16.8. The standard InChI is InChI=1S/C18H16O5/c1-3-12-5-8-16(15(20)10-12)23-18(21)9-6-13-4-7-14(19)17(11-13)22-2/h3-11,19-20H,1H2,2H3. The minimum atomic E-state index is -0.640. The van der Waals surface area contributed by atoms with Crippen molar-refractivity contribution in [2.75, 3.05) is 7.11 Å². The van der Waals surface area contributed by atoms with Crippen LogP contribution in [0, 0.1) is 0 Å². The van der Waals surface area contributed by atoms with Gasteiger partial charge >= 0.3 is 5.97 Å². The summed E-state index contributed by atoms with van der Waals surface area (Å²) in [5.41, 5.74) is 1.37. The van der Waals surface area contributed by atoms with Crippen LogP contribution in [0.1, 0.15) is 11.1 Å². The van der Waals surface area contributed by atoms with Crippen molar-refractivity contribution in [2.45, 2.75) is 0 Å². The molecule has 2 aromatic rings. The van der Waals surface area contributed by atoms with E-state index in [-0.39, 0.29) is 17.2 Å². The van der Waals surface area contributed by atoms with Gasteiger partial charge < -0.3 is 19.7 Å². The van der Waals surface area contributed by atoms with Gasteiger partial charge in [-0.3, -0.25) is 0 Å². The average Bonchev–Trinajstić information content (AvgIpc) is 2.56. The Morgan fingerprint density at radius 1 is 1.04 bits per heavy atom. The molecule has 0 bridgehead atoms. The highest BCUT2D eigenvalue weighted by atomic mass is 16.5. The molecule has 0 fully saturated rings. The van der Waals surface area contributed by atoms with Crippen molar-refractivity contribution in [1.82, 2.24) is 0 Å². The van der Waals surface area contributed by atoms with Gasteiger partial charge in [0, 0.05) is 6.08 Å². The topological polar surface area (TPSA) is 76.0 Å². The maximum atomic E-state index is 11.8. The van der Waals surface area contributed by atoms with E-state index < -0.39 is 5.97 Å². The normalized spacial score (nSPS) is 10.5. The fourth-order valence-electron chi connectivity index (χ4n) is 1.85. The van der Waals surface area contributed by atoms with Gasteiger partial charge in [-0.2, -0.15) is 0 Å². The van der Waals surface area contributed by atoms with Crippen molar-refractivity contribution in [3.05, 3.63) is 60.2 Å². The van der Waals surface area contributed by atoms with Crippen LogP contribution in [-0.4, -0.2) is 23.3 Å². The third kappa shape index (κ3) is 4.14. The smallest absolute Gasteiger partial charge is 0.336 e.